The zero-order chi connectivity index (χ0) is 20.0. The molecule has 0 aliphatic heterocycles. The van der Waals surface area contributed by atoms with Crippen LogP contribution in [0.15, 0.2) is 36.5 Å². The number of aromatic amines is 1. The molecule has 0 fully saturated rings. The second-order valence-electron chi connectivity index (χ2n) is 6.97. The molecule has 0 spiro atoms. The minimum atomic E-state index is -0.556. The summed E-state index contributed by atoms with van der Waals surface area (Å²) in [6.07, 6.45) is 1.18. The second-order valence-corrected chi connectivity index (χ2v) is 7.35. The van der Waals surface area contributed by atoms with Crippen LogP contribution in [0, 0.1) is 4.77 Å². The number of rotatable bonds is 6. The van der Waals surface area contributed by atoms with E-state index in [1.807, 2.05) is 58.0 Å². The number of benzene rings is 1. The third-order valence-corrected chi connectivity index (χ3v) is 4.02. The van der Waals surface area contributed by atoms with Crippen molar-refractivity contribution < 1.29 is 14.3 Å². The molecule has 0 saturated carbocycles. The minimum Gasteiger partial charge on any atom is -0.444 e. The van der Waals surface area contributed by atoms with Crippen molar-refractivity contribution in [2.45, 2.75) is 33.3 Å². The van der Waals surface area contributed by atoms with Crippen molar-refractivity contribution >= 4 is 24.2 Å². The molecule has 1 heterocycles. The third-order valence-electron chi connectivity index (χ3n) is 3.72. The SMILES string of the molecule is CCN(CCNC(=O)c1c[nH]c(=S)n1-c1ccccc1)C(=O)OC(C)(C)C. The Morgan fingerprint density at radius 3 is 2.52 bits per heavy atom. The molecule has 2 N–H and O–H groups in total. The van der Waals surface area contributed by atoms with Crippen LogP contribution in [-0.4, -0.2) is 51.7 Å². The number of aromatic nitrogens is 2. The lowest BCUT2D eigenvalue weighted by molar-refractivity contribution is 0.0260. The fourth-order valence-corrected chi connectivity index (χ4v) is 2.73. The maximum absolute atomic E-state index is 12.6. The predicted octanol–water partition coefficient (Wildman–Crippen LogP) is 3.52. The van der Waals surface area contributed by atoms with E-state index in [9.17, 15) is 9.59 Å². The zero-order valence-corrected chi connectivity index (χ0v) is 16.9. The average Bonchev–Trinajstić information content (AvgIpc) is 2.99. The number of amides is 2. The van der Waals surface area contributed by atoms with E-state index in [4.69, 9.17) is 17.0 Å². The fourth-order valence-electron chi connectivity index (χ4n) is 2.47. The third kappa shape index (κ3) is 5.68. The molecule has 1 aromatic heterocycles. The van der Waals surface area contributed by atoms with Crippen molar-refractivity contribution in [3.8, 4) is 5.69 Å². The molecule has 2 aromatic rings. The molecule has 27 heavy (non-hydrogen) atoms. The van der Waals surface area contributed by atoms with E-state index < -0.39 is 11.7 Å². The lowest BCUT2D eigenvalue weighted by Crippen LogP contribution is -2.41. The van der Waals surface area contributed by atoms with Gasteiger partial charge in [-0.15, -0.1) is 0 Å². The highest BCUT2D eigenvalue weighted by Gasteiger charge is 2.21. The molecule has 0 bridgehead atoms. The largest absolute Gasteiger partial charge is 0.444 e. The van der Waals surface area contributed by atoms with Crippen LogP contribution in [0.4, 0.5) is 4.79 Å². The fraction of sp³-hybridized carbons (Fsp3) is 0.421. The van der Waals surface area contributed by atoms with E-state index >= 15 is 0 Å². The number of hydrogen-bond acceptors (Lipinski definition) is 4. The normalized spacial score (nSPS) is 11.1. The van der Waals surface area contributed by atoms with Gasteiger partial charge in [-0.1, -0.05) is 18.2 Å². The average molecular weight is 391 g/mol. The molecule has 7 nitrogen and oxygen atoms in total. The van der Waals surface area contributed by atoms with E-state index in [2.05, 4.69) is 10.3 Å². The molecule has 0 radical (unpaired) electrons. The number of nitrogens with one attached hydrogen (secondary N) is 2. The van der Waals surface area contributed by atoms with Gasteiger partial charge in [0, 0.05) is 31.5 Å². The Kier molecular flexibility index (Phi) is 6.79. The van der Waals surface area contributed by atoms with E-state index in [-0.39, 0.29) is 5.91 Å². The summed E-state index contributed by atoms with van der Waals surface area (Å²) in [4.78, 5) is 29.2. The summed E-state index contributed by atoms with van der Waals surface area (Å²) in [5.41, 5.74) is 0.657. The van der Waals surface area contributed by atoms with Crippen LogP contribution in [0.1, 0.15) is 38.2 Å². The molecule has 0 aliphatic rings. The van der Waals surface area contributed by atoms with Crippen LogP contribution in [0.3, 0.4) is 0 Å². The molecular formula is C19H26N4O3S. The topological polar surface area (TPSA) is 79.4 Å². The maximum atomic E-state index is 12.6. The van der Waals surface area contributed by atoms with E-state index in [1.54, 1.807) is 15.7 Å². The second kappa shape index (κ2) is 8.85. The van der Waals surface area contributed by atoms with Crippen LogP contribution < -0.4 is 5.32 Å². The smallest absolute Gasteiger partial charge is 0.410 e. The van der Waals surface area contributed by atoms with E-state index in [0.29, 0.717) is 30.1 Å². The highest BCUT2D eigenvalue weighted by Crippen LogP contribution is 2.12. The Bertz CT molecular complexity index is 837. The summed E-state index contributed by atoms with van der Waals surface area (Å²) in [5, 5.41) is 2.83. The Hall–Kier alpha value is -2.61. The van der Waals surface area contributed by atoms with Crippen LogP contribution in [0.5, 0.6) is 0 Å². The van der Waals surface area contributed by atoms with Gasteiger partial charge >= 0.3 is 6.09 Å². The van der Waals surface area contributed by atoms with Crippen LogP contribution in [0.25, 0.3) is 5.69 Å². The van der Waals surface area contributed by atoms with Gasteiger partial charge in [-0.2, -0.15) is 0 Å². The molecule has 2 amide bonds. The van der Waals surface area contributed by atoms with E-state index in [1.165, 1.54) is 0 Å². The highest BCUT2D eigenvalue weighted by molar-refractivity contribution is 7.71. The Morgan fingerprint density at radius 2 is 1.93 bits per heavy atom. The number of carbonyl (C=O) groups is 2. The minimum absolute atomic E-state index is 0.272. The van der Waals surface area contributed by atoms with Gasteiger partial charge < -0.3 is 19.9 Å². The van der Waals surface area contributed by atoms with Gasteiger partial charge in [0.05, 0.1) is 0 Å². The lowest BCUT2D eigenvalue weighted by Gasteiger charge is -2.26. The van der Waals surface area contributed by atoms with Gasteiger partial charge in [0.25, 0.3) is 5.91 Å². The first kappa shape index (κ1) is 20.7. The molecule has 2 rings (SSSR count). The molecule has 1 aromatic carbocycles. The molecule has 0 saturated heterocycles. The van der Waals surface area contributed by atoms with Crippen LogP contribution in [0.2, 0.25) is 0 Å². The van der Waals surface area contributed by atoms with Crippen molar-refractivity contribution in [1.82, 2.24) is 19.8 Å². The van der Waals surface area contributed by atoms with Crippen LogP contribution in [-0.2, 0) is 4.74 Å². The number of imidazole rings is 1. The number of nitrogens with zero attached hydrogens (tertiary/aromatic N) is 2. The number of ether oxygens (including phenoxy) is 1. The van der Waals surface area contributed by atoms with Crippen molar-refractivity contribution in [3.05, 3.63) is 47.0 Å². The van der Waals surface area contributed by atoms with Gasteiger partial charge in [-0.25, -0.2) is 4.79 Å². The maximum Gasteiger partial charge on any atom is 0.410 e. The molecular weight excluding hydrogens is 364 g/mol. The molecule has 146 valence electrons. The number of H-pyrrole nitrogens is 1. The van der Waals surface area contributed by atoms with Gasteiger partial charge in [0.1, 0.15) is 11.3 Å². The summed E-state index contributed by atoms with van der Waals surface area (Å²) in [6.45, 7) is 8.48. The van der Waals surface area contributed by atoms with Gasteiger partial charge in [-0.3, -0.25) is 9.36 Å². The van der Waals surface area contributed by atoms with Crippen LogP contribution >= 0.6 is 12.2 Å². The quantitative estimate of drug-likeness (QED) is 0.740. The highest BCUT2D eigenvalue weighted by atomic mass is 32.1. The van der Waals surface area contributed by atoms with Crippen molar-refractivity contribution in [3.63, 3.8) is 0 Å². The number of hydrogen-bond donors (Lipinski definition) is 2. The first-order chi connectivity index (χ1) is 12.7. The van der Waals surface area contributed by atoms with Crippen molar-refractivity contribution in [2.75, 3.05) is 19.6 Å². The van der Waals surface area contributed by atoms with Gasteiger partial charge in [0.2, 0.25) is 0 Å². The predicted molar refractivity (Wildman–Crippen MR) is 107 cm³/mol. The monoisotopic (exact) mass is 390 g/mol. The summed E-state index contributed by atoms with van der Waals surface area (Å²) < 4.78 is 7.48. The Balaban J connectivity index is 2.01. The van der Waals surface area contributed by atoms with Gasteiger partial charge in [-0.05, 0) is 52.0 Å². The first-order valence-corrected chi connectivity index (χ1v) is 9.25. The van der Waals surface area contributed by atoms with Gasteiger partial charge in [0.15, 0.2) is 4.77 Å². The first-order valence-electron chi connectivity index (χ1n) is 8.85. The summed E-state index contributed by atoms with van der Waals surface area (Å²) in [6, 6.07) is 9.41. The molecule has 0 atom stereocenters. The Morgan fingerprint density at radius 1 is 1.26 bits per heavy atom. The summed E-state index contributed by atoms with van der Waals surface area (Å²) >= 11 is 5.29. The van der Waals surface area contributed by atoms with Crippen molar-refractivity contribution in [1.29, 1.82) is 0 Å². The summed E-state index contributed by atoms with van der Waals surface area (Å²) in [7, 11) is 0. The number of para-hydroxylation sites is 1. The van der Waals surface area contributed by atoms with Crippen molar-refractivity contribution in [2.24, 2.45) is 0 Å². The zero-order valence-electron chi connectivity index (χ0n) is 16.1. The number of likely N-dealkylation sites (N-methyl/N-ethyl adjacent to an activating group) is 1. The molecule has 0 unspecified atom stereocenters. The summed E-state index contributed by atoms with van der Waals surface area (Å²) in [5.74, 6) is -0.272. The lowest BCUT2D eigenvalue weighted by atomic mass is 10.2. The number of carbonyl (C=O) groups excluding carboxylic acids is 2. The Labute approximate surface area is 164 Å². The van der Waals surface area contributed by atoms with E-state index in [0.717, 1.165) is 5.69 Å². The molecule has 8 heteroatoms. The standard InChI is InChI=1S/C19H26N4O3S/c1-5-22(18(25)26-19(2,3)4)12-11-20-16(24)15-13-21-17(27)23(15)14-9-7-6-8-10-14/h6-10,13H,5,11-12H2,1-4H3,(H,20,24)(H,21,27). The molecule has 0 aliphatic carbocycles.